The van der Waals surface area contributed by atoms with Crippen molar-refractivity contribution in [1.29, 1.82) is 0 Å². The maximum Gasteiger partial charge on any atom is 0.261 e. The fraction of sp³-hybridized carbons (Fsp3) is 0.273. The maximum absolute atomic E-state index is 12.1. The first-order chi connectivity index (χ1) is 8.97. The summed E-state index contributed by atoms with van der Waals surface area (Å²) < 4.78 is 0.980. The van der Waals surface area contributed by atoms with Crippen LogP contribution in [-0.4, -0.2) is 24.4 Å². The molecule has 0 radical (unpaired) electrons. The van der Waals surface area contributed by atoms with Crippen LogP contribution in [0.25, 0.3) is 0 Å². The number of amides is 2. The molecule has 0 saturated carbocycles. The monoisotopic (exact) mass is 301 g/mol. The van der Waals surface area contributed by atoms with Crippen molar-refractivity contribution in [2.75, 3.05) is 10.8 Å². The Kier molecular flexibility index (Phi) is 5.78. The van der Waals surface area contributed by atoms with Crippen LogP contribution in [0, 0.1) is 4.91 Å². The van der Waals surface area contributed by atoms with Gasteiger partial charge < -0.3 is 5.32 Å². The standard InChI is InChI=1S/C11H12ClN3O3S/c1-7(16)14-9(6-13-18)11(17)15(19)10-5-3-2-4-8(10)12/h2-5,9,19H,6H2,1H3,(H,14,16). The van der Waals surface area contributed by atoms with E-state index in [2.05, 4.69) is 23.3 Å². The molecule has 0 fully saturated rings. The van der Waals surface area contributed by atoms with Gasteiger partial charge in [-0.25, -0.2) is 0 Å². The Labute approximate surface area is 120 Å². The number of nitroso groups, excluding NO2 is 1. The third kappa shape index (κ3) is 4.22. The van der Waals surface area contributed by atoms with Gasteiger partial charge in [-0.05, 0) is 12.1 Å². The van der Waals surface area contributed by atoms with Crippen LogP contribution in [0.15, 0.2) is 29.4 Å². The van der Waals surface area contributed by atoms with Crippen molar-refractivity contribution in [2.45, 2.75) is 13.0 Å². The van der Waals surface area contributed by atoms with E-state index in [1.807, 2.05) is 0 Å². The predicted molar refractivity (Wildman–Crippen MR) is 76.2 cm³/mol. The molecule has 1 aromatic rings. The lowest BCUT2D eigenvalue weighted by Crippen LogP contribution is -2.47. The van der Waals surface area contributed by atoms with Crippen LogP contribution >= 0.6 is 24.4 Å². The van der Waals surface area contributed by atoms with Crippen molar-refractivity contribution in [3.8, 4) is 0 Å². The topological polar surface area (TPSA) is 78.8 Å². The second-order valence-corrected chi connectivity index (χ2v) is 4.47. The fourth-order valence-corrected chi connectivity index (χ4v) is 1.99. The van der Waals surface area contributed by atoms with Crippen LogP contribution in [0.3, 0.4) is 0 Å². The molecular formula is C11H12ClN3O3S. The number of para-hydroxylation sites is 1. The fourth-order valence-electron chi connectivity index (χ4n) is 1.40. The molecule has 0 heterocycles. The summed E-state index contributed by atoms with van der Waals surface area (Å²) in [5.74, 6) is -1.03. The molecule has 0 aliphatic rings. The normalized spacial score (nSPS) is 11.5. The number of carbonyl (C=O) groups is 2. The Morgan fingerprint density at radius 1 is 1.47 bits per heavy atom. The van der Waals surface area contributed by atoms with Crippen molar-refractivity contribution in [3.05, 3.63) is 34.2 Å². The number of thiol groups is 1. The third-order valence-corrected chi connectivity index (χ3v) is 2.95. The Hall–Kier alpha value is -1.60. The van der Waals surface area contributed by atoms with Crippen molar-refractivity contribution in [2.24, 2.45) is 5.18 Å². The average Bonchev–Trinajstić information content (AvgIpc) is 2.36. The minimum atomic E-state index is -1.07. The molecule has 8 heteroatoms. The summed E-state index contributed by atoms with van der Waals surface area (Å²) in [5, 5.41) is 5.29. The molecule has 1 rings (SSSR count). The van der Waals surface area contributed by atoms with E-state index in [1.165, 1.54) is 6.92 Å². The molecule has 0 saturated heterocycles. The molecule has 1 N–H and O–H groups in total. The number of nitrogens with zero attached hydrogens (tertiary/aromatic N) is 2. The first kappa shape index (κ1) is 15.5. The SMILES string of the molecule is CC(=O)NC(CN=O)C(=O)N(S)c1ccccc1Cl. The summed E-state index contributed by atoms with van der Waals surface area (Å²) in [6, 6.07) is 5.51. The molecular weight excluding hydrogens is 290 g/mol. The van der Waals surface area contributed by atoms with Gasteiger partial charge in [-0.2, -0.15) is 4.91 Å². The van der Waals surface area contributed by atoms with Crippen LogP contribution in [0.2, 0.25) is 5.02 Å². The van der Waals surface area contributed by atoms with Gasteiger partial charge >= 0.3 is 0 Å². The van der Waals surface area contributed by atoms with Gasteiger partial charge in [-0.3, -0.25) is 13.9 Å². The first-order valence-corrected chi connectivity index (χ1v) is 6.08. The number of anilines is 1. The summed E-state index contributed by atoms with van der Waals surface area (Å²) in [5.41, 5.74) is 0.360. The van der Waals surface area contributed by atoms with Crippen LogP contribution in [0.4, 0.5) is 5.69 Å². The summed E-state index contributed by atoms with van der Waals surface area (Å²) in [7, 11) is 0. The van der Waals surface area contributed by atoms with Gasteiger partial charge in [0.25, 0.3) is 5.91 Å². The maximum atomic E-state index is 12.1. The molecule has 0 aliphatic carbocycles. The first-order valence-electron chi connectivity index (χ1n) is 5.31. The Balaban J connectivity index is 2.93. The number of carbonyl (C=O) groups excluding carboxylic acids is 2. The second kappa shape index (κ2) is 7.10. The zero-order valence-corrected chi connectivity index (χ0v) is 11.7. The van der Waals surface area contributed by atoms with Crippen LogP contribution in [0.5, 0.6) is 0 Å². The third-order valence-electron chi connectivity index (χ3n) is 2.22. The molecule has 1 unspecified atom stereocenters. The van der Waals surface area contributed by atoms with E-state index in [1.54, 1.807) is 24.3 Å². The van der Waals surface area contributed by atoms with Crippen molar-refractivity contribution >= 4 is 41.9 Å². The molecule has 6 nitrogen and oxygen atoms in total. The lowest BCUT2D eigenvalue weighted by atomic mass is 10.2. The van der Waals surface area contributed by atoms with E-state index < -0.39 is 17.9 Å². The molecule has 0 aromatic heterocycles. The van der Waals surface area contributed by atoms with E-state index in [0.717, 1.165) is 4.31 Å². The van der Waals surface area contributed by atoms with E-state index in [9.17, 15) is 14.5 Å². The van der Waals surface area contributed by atoms with E-state index >= 15 is 0 Å². The number of halogens is 1. The quantitative estimate of drug-likeness (QED) is 0.643. The highest BCUT2D eigenvalue weighted by Crippen LogP contribution is 2.27. The molecule has 0 bridgehead atoms. The molecule has 0 aliphatic heterocycles. The van der Waals surface area contributed by atoms with Gasteiger partial charge in [0.05, 0.1) is 10.7 Å². The van der Waals surface area contributed by atoms with Crippen LogP contribution in [-0.2, 0) is 9.59 Å². The number of hydrogen-bond donors (Lipinski definition) is 2. The minimum absolute atomic E-state index is 0.325. The van der Waals surface area contributed by atoms with Gasteiger partial charge in [-0.15, -0.1) is 0 Å². The van der Waals surface area contributed by atoms with Gasteiger partial charge in [-0.1, -0.05) is 41.7 Å². The number of rotatable bonds is 5. The molecule has 1 atom stereocenters. The molecule has 1 aromatic carbocycles. The zero-order chi connectivity index (χ0) is 14.4. The summed E-state index contributed by atoms with van der Waals surface area (Å²) in [6.45, 7) is 0.864. The Bertz CT molecular complexity index is 498. The number of benzene rings is 1. The van der Waals surface area contributed by atoms with Crippen LogP contribution in [0.1, 0.15) is 6.92 Å². The van der Waals surface area contributed by atoms with Gasteiger partial charge in [0, 0.05) is 6.92 Å². The Morgan fingerprint density at radius 3 is 2.63 bits per heavy atom. The van der Waals surface area contributed by atoms with Gasteiger partial charge in [0.1, 0.15) is 12.6 Å². The molecule has 2 amide bonds. The van der Waals surface area contributed by atoms with E-state index in [0.29, 0.717) is 10.7 Å². The molecule has 0 spiro atoms. The predicted octanol–water partition coefficient (Wildman–Crippen LogP) is 1.79. The lowest BCUT2D eigenvalue weighted by molar-refractivity contribution is -0.125. The lowest BCUT2D eigenvalue weighted by Gasteiger charge is -2.22. The summed E-state index contributed by atoms with van der Waals surface area (Å²) >= 11 is 9.98. The highest BCUT2D eigenvalue weighted by molar-refractivity contribution is 7.82. The van der Waals surface area contributed by atoms with Crippen molar-refractivity contribution in [3.63, 3.8) is 0 Å². The average molecular weight is 302 g/mol. The Morgan fingerprint density at radius 2 is 2.11 bits per heavy atom. The highest BCUT2D eigenvalue weighted by atomic mass is 35.5. The smallest absolute Gasteiger partial charge is 0.261 e. The van der Waals surface area contributed by atoms with Crippen LogP contribution < -0.4 is 9.62 Å². The molecule has 102 valence electrons. The van der Waals surface area contributed by atoms with Gasteiger partial charge in [0.2, 0.25) is 5.91 Å². The number of hydrogen-bond acceptors (Lipinski definition) is 5. The van der Waals surface area contributed by atoms with Gasteiger partial charge in [0.15, 0.2) is 0 Å². The largest absolute Gasteiger partial charge is 0.343 e. The summed E-state index contributed by atoms with van der Waals surface area (Å²) in [4.78, 5) is 33.4. The van der Waals surface area contributed by atoms with E-state index in [-0.39, 0.29) is 6.54 Å². The highest BCUT2D eigenvalue weighted by Gasteiger charge is 2.25. The van der Waals surface area contributed by atoms with E-state index in [4.69, 9.17) is 11.6 Å². The second-order valence-electron chi connectivity index (χ2n) is 3.67. The minimum Gasteiger partial charge on any atom is -0.343 e. The zero-order valence-electron chi connectivity index (χ0n) is 10.0. The molecule has 19 heavy (non-hydrogen) atoms. The number of nitrogens with one attached hydrogen (secondary N) is 1. The van der Waals surface area contributed by atoms with Crippen molar-refractivity contribution in [1.82, 2.24) is 5.32 Å². The van der Waals surface area contributed by atoms with Crippen molar-refractivity contribution < 1.29 is 9.59 Å². The summed E-state index contributed by atoms with van der Waals surface area (Å²) in [6.07, 6.45) is 0.